The fraction of sp³-hybridized carbons (Fsp3) is 0.333. The minimum atomic E-state index is -0.374. The van der Waals surface area contributed by atoms with Crippen molar-refractivity contribution in [2.45, 2.75) is 31.6 Å². The number of amides is 1. The molecule has 3 aromatic rings. The van der Waals surface area contributed by atoms with Crippen LogP contribution in [0.25, 0.3) is 11.4 Å². The van der Waals surface area contributed by atoms with Crippen LogP contribution < -0.4 is 4.74 Å². The van der Waals surface area contributed by atoms with Crippen LogP contribution in [0.4, 0.5) is 4.39 Å². The molecular weight excluding hydrogens is 395 g/mol. The monoisotopic (exact) mass is 418 g/mol. The third kappa shape index (κ3) is 4.55. The first-order valence-electron chi connectivity index (χ1n) is 10.7. The summed E-state index contributed by atoms with van der Waals surface area (Å²) in [6, 6.07) is 11.5. The number of piperidine rings is 1. The van der Waals surface area contributed by atoms with Crippen LogP contribution in [0.3, 0.4) is 0 Å². The lowest BCUT2D eigenvalue weighted by Gasteiger charge is -2.32. The van der Waals surface area contributed by atoms with E-state index in [4.69, 9.17) is 9.72 Å². The van der Waals surface area contributed by atoms with Crippen LogP contribution in [-0.2, 0) is 4.79 Å². The summed E-state index contributed by atoms with van der Waals surface area (Å²) in [5, 5.41) is 0. The van der Waals surface area contributed by atoms with E-state index in [1.54, 1.807) is 30.6 Å². The molecule has 2 fully saturated rings. The molecule has 2 aliphatic rings. The highest BCUT2D eigenvalue weighted by atomic mass is 19.1. The van der Waals surface area contributed by atoms with Gasteiger partial charge in [0.1, 0.15) is 11.6 Å². The molecule has 1 unspecified atom stereocenters. The van der Waals surface area contributed by atoms with Gasteiger partial charge in [0, 0.05) is 55.0 Å². The molecule has 1 aliphatic heterocycles. The minimum absolute atomic E-state index is 0.102. The smallest absolute Gasteiger partial charge is 0.225 e. The van der Waals surface area contributed by atoms with E-state index in [-0.39, 0.29) is 23.6 Å². The van der Waals surface area contributed by atoms with E-state index in [2.05, 4.69) is 9.97 Å². The Bertz CT molecular complexity index is 1090. The van der Waals surface area contributed by atoms with E-state index in [9.17, 15) is 9.18 Å². The average molecular weight is 418 g/mol. The molecular formula is C24H23FN4O2. The third-order valence-electron chi connectivity index (χ3n) is 5.74. The first-order valence-corrected chi connectivity index (χ1v) is 10.7. The predicted octanol–water partition coefficient (Wildman–Crippen LogP) is 4.59. The zero-order valence-corrected chi connectivity index (χ0v) is 17.1. The summed E-state index contributed by atoms with van der Waals surface area (Å²) < 4.78 is 19.5. The van der Waals surface area contributed by atoms with E-state index in [1.807, 2.05) is 17.0 Å². The summed E-state index contributed by atoms with van der Waals surface area (Å²) in [7, 11) is 0. The molecule has 1 aromatic carbocycles. The van der Waals surface area contributed by atoms with Crippen LogP contribution in [0.2, 0.25) is 0 Å². The number of likely N-dealkylation sites (tertiary alicyclic amines) is 1. The number of aromatic nitrogens is 3. The summed E-state index contributed by atoms with van der Waals surface area (Å²) in [5.74, 6) is 1.42. The summed E-state index contributed by atoms with van der Waals surface area (Å²) in [4.78, 5) is 28.1. The molecule has 0 N–H and O–H groups in total. The summed E-state index contributed by atoms with van der Waals surface area (Å²) in [6.07, 6.45) is 7.29. The largest absolute Gasteiger partial charge is 0.439 e. The van der Waals surface area contributed by atoms with Crippen molar-refractivity contribution in [3.8, 4) is 23.0 Å². The highest BCUT2D eigenvalue weighted by Crippen LogP contribution is 2.35. The van der Waals surface area contributed by atoms with Gasteiger partial charge < -0.3 is 9.64 Å². The van der Waals surface area contributed by atoms with E-state index < -0.39 is 0 Å². The van der Waals surface area contributed by atoms with Crippen molar-refractivity contribution in [1.82, 2.24) is 19.9 Å². The molecule has 0 radical (unpaired) electrons. The van der Waals surface area contributed by atoms with E-state index in [1.165, 1.54) is 12.1 Å². The molecule has 31 heavy (non-hydrogen) atoms. The van der Waals surface area contributed by atoms with Gasteiger partial charge in [0.15, 0.2) is 5.82 Å². The Hall–Kier alpha value is -3.35. The second-order valence-electron chi connectivity index (χ2n) is 8.15. The molecule has 158 valence electrons. The van der Waals surface area contributed by atoms with Gasteiger partial charge in [0.25, 0.3) is 0 Å². The number of hydrogen-bond acceptors (Lipinski definition) is 5. The van der Waals surface area contributed by atoms with Gasteiger partial charge in [-0.15, -0.1) is 0 Å². The zero-order valence-electron chi connectivity index (χ0n) is 17.1. The van der Waals surface area contributed by atoms with Crippen LogP contribution in [0, 0.1) is 11.7 Å². The van der Waals surface area contributed by atoms with Gasteiger partial charge in [-0.2, -0.15) is 4.98 Å². The summed E-state index contributed by atoms with van der Waals surface area (Å²) in [5.41, 5.74) is 1.60. The average Bonchev–Trinajstić information content (AvgIpc) is 3.65. The Kier molecular flexibility index (Phi) is 5.32. The first-order chi connectivity index (χ1) is 15.2. The number of rotatable bonds is 5. The number of halogens is 1. The van der Waals surface area contributed by atoms with Crippen LogP contribution in [0.5, 0.6) is 11.6 Å². The number of carbonyl (C=O) groups excluding carboxylic acids is 1. The second kappa shape index (κ2) is 8.41. The molecule has 6 nitrogen and oxygen atoms in total. The maximum absolute atomic E-state index is 13.6. The van der Waals surface area contributed by atoms with E-state index >= 15 is 0 Å². The van der Waals surface area contributed by atoms with Crippen LogP contribution >= 0.6 is 0 Å². The standard InChI is InChI=1S/C24H23FN4O2/c25-19-6-1-7-20(12-19)31-22-13-21(27-23(28-22)17-4-2-10-26-14-17)18-5-3-11-29(15-18)24(30)16-8-9-16/h1-2,4,6-7,10,12-14,16,18H,3,5,8-9,11,15H2. The second-order valence-corrected chi connectivity index (χ2v) is 8.15. The van der Waals surface area contributed by atoms with Crippen molar-refractivity contribution in [1.29, 1.82) is 0 Å². The number of nitrogens with zero attached hydrogens (tertiary/aromatic N) is 4. The van der Waals surface area contributed by atoms with Crippen LogP contribution in [0.1, 0.15) is 37.3 Å². The Morgan fingerprint density at radius 1 is 1.10 bits per heavy atom. The maximum atomic E-state index is 13.6. The van der Waals surface area contributed by atoms with Gasteiger partial charge >= 0.3 is 0 Å². The molecule has 5 rings (SSSR count). The molecule has 3 heterocycles. The highest BCUT2D eigenvalue weighted by molar-refractivity contribution is 5.81. The maximum Gasteiger partial charge on any atom is 0.225 e. The Balaban J connectivity index is 1.47. The third-order valence-corrected chi connectivity index (χ3v) is 5.74. The summed E-state index contributed by atoms with van der Waals surface area (Å²) >= 11 is 0. The van der Waals surface area contributed by atoms with Gasteiger partial charge in [-0.05, 0) is 49.9 Å². The highest BCUT2D eigenvalue weighted by Gasteiger charge is 2.36. The van der Waals surface area contributed by atoms with Gasteiger partial charge in [0.2, 0.25) is 11.8 Å². The number of pyridine rings is 1. The van der Waals surface area contributed by atoms with Crippen molar-refractivity contribution in [3.05, 3.63) is 66.4 Å². The fourth-order valence-corrected chi connectivity index (χ4v) is 3.99. The zero-order chi connectivity index (χ0) is 21.2. The van der Waals surface area contributed by atoms with Crippen molar-refractivity contribution < 1.29 is 13.9 Å². The molecule has 0 spiro atoms. The lowest BCUT2D eigenvalue weighted by molar-refractivity contribution is -0.133. The van der Waals surface area contributed by atoms with Gasteiger partial charge in [-0.1, -0.05) is 6.07 Å². The number of benzene rings is 1. The Labute approximate surface area is 180 Å². The molecule has 7 heteroatoms. The quantitative estimate of drug-likeness (QED) is 0.606. The van der Waals surface area contributed by atoms with Gasteiger partial charge in [0.05, 0.1) is 5.69 Å². The predicted molar refractivity (Wildman–Crippen MR) is 113 cm³/mol. The lowest BCUT2D eigenvalue weighted by atomic mass is 9.94. The molecule has 1 amide bonds. The van der Waals surface area contributed by atoms with Crippen molar-refractivity contribution in [3.63, 3.8) is 0 Å². The summed E-state index contributed by atoms with van der Waals surface area (Å²) in [6.45, 7) is 1.46. The van der Waals surface area contributed by atoms with E-state index in [0.717, 1.165) is 43.5 Å². The van der Waals surface area contributed by atoms with Crippen molar-refractivity contribution >= 4 is 5.91 Å². The van der Waals surface area contributed by atoms with E-state index in [0.29, 0.717) is 24.0 Å². The fourth-order valence-electron chi connectivity index (χ4n) is 3.99. The van der Waals surface area contributed by atoms with Gasteiger partial charge in [-0.3, -0.25) is 9.78 Å². The molecule has 1 saturated heterocycles. The van der Waals surface area contributed by atoms with Crippen molar-refractivity contribution in [2.75, 3.05) is 13.1 Å². The first kappa shape index (κ1) is 19.6. The van der Waals surface area contributed by atoms with Crippen LogP contribution in [0.15, 0.2) is 54.9 Å². The lowest BCUT2D eigenvalue weighted by Crippen LogP contribution is -2.40. The number of hydrogen-bond donors (Lipinski definition) is 0. The Morgan fingerprint density at radius 3 is 2.77 bits per heavy atom. The molecule has 1 aliphatic carbocycles. The minimum Gasteiger partial charge on any atom is -0.439 e. The molecule has 1 atom stereocenters. The van der Waals surface area contributed by atoms with Crippen LogP contribution in [-0.4, -0.2) is 38.8 Å². The number of carbonyl (C=O) groups is 1. The number of ether oxygens (including phenoxy) is 1. The molecule has 1 saturated carbocycles. The normalized spacial score (nSPS) is 18.6. The van der Waals surface area contributed by atoms with Gasteiger partial charge in [-0.25, -0.2) is 9.37 Å². The van der Waals surface area contributed by atoms with Crippen molar-refractivity contribution in [2.24, 2.45) is 5.92 Å². The topological polar surface area (TPSA) is 68.2 Å². The SMILES string of the molecule is O=C(C1CC1)N1CCCC(c2cc(Oc3cccc(F)c3)nc(-c3cccnc3)n2)C1. The molecule has 0 bridgehead atoms. The Morgan fingerprint density at radius 2 is 2.00 bits per heavy atom. The molecule has 2 aromatic heterocycles.